The van der Waals surface area contributed by atoms with Gasteiger partial charge in [-0.15, -0.1) is 0 Å². The molecule has 1 atom stereocenters. The fourth-order valence-electron chi connectivity index (χ4n) is 3.77. The zero-order chi connectivity index (χ0) is 20.1. The standard InChI is InChI=1S/C26H26N2O/c1-2-3-14-26(29)22-15-17-23(18-16-22)28-25(21-12-8-5-9-13-21)19-24(27-28)20-10-6-4-7-11-20/h4-13,15-18,25H,2-3,14,19H2,1H3. The van der Waals surface area contributed by atoms with Gasteiger partial charge in [0.15, 0.2) is 5.78 Å². The monoisotopic (exact) mass is 382 g/mol. The molecule has 146 valence electrons. The molecule has 0 aromatic heterocycles. The first-order valence-electron chi connectivity index (χ1n) is 10.4. The van der Waals surface area contributed by atoms with Crippen LogP contribution in [0.1, 0.15) is 60.1 Å². The molecule has 0 saturated carbocycles. The number of hydrogen-bond donors (Lipinski definition) is 0. The molecule has 0 saturated heterocycles. The van der Waals surface area contributed by atoms with Crippen LogP contribution in [-0.4, -0.2) is 11.5 Å². The van der Waals surface area contributed by atoms with Crippen LogP contribution in [0.15, 0.2) is 90.0 Å². The number of benzene rings is 3. The van der Waals surface area contributed by atoms with E-state index in [0.29, 0.717) is 6.42 Å². The van der Waals surface area contributed by atoms with E-state index < -0.39 is 0 Å². The second kappa shape index (κ2) is 8.87. The normalized spacial score (nSPS) is 16.0. The van der Waals surface area contributed by atoms with Crippen molar-refractivity contribution in [2.24, 2.45) is 5.10 Å². The van der Waals surface area contributed by atoms with Crippen molar-refractivity contribution in [2.75, 3.05) is 5.01 Å². The number of nitrogens with zero attached hydrogens (tertiary/aromatic N) is 2. The van der Waals surface area contributed by atoms with Crippen molar-refractivity contribution in [3.63, 3.8) is 0 Å². The van der Waals surface area contributed by atoms with Gasteiger partial charge < -0.3 is 0 Å². The second-order valence-corrected chi connectivity index (χ2v) is 7.46. The molecular formula is C26H26N2O. The summed E-state index contributed by atoms with van der Waals surface area (Å²) in [5.41, 5.74) is 5.27. The molecule has 1 aliphatic rings. The van der Waals surface area contributed by atoms with E-state index in [1.165, 1.54) is 5.56 Å². The first-order chi connectivity index (χ1) is 14.3. The molecule has 0 aliphatic carbocycles. The Bertz CT molecular complexity index is 978. The first-order valence-corrected chi connectivity index (χ1v) is 10.4. The molecule has 0 spiro atoms. The molecule has 3 aromatic carbocycles. The van der Waals surface area contributed by atoms with E-state index in [0.717, 1.165) is 41.8 Å². The van der Waals surface area contributed by atoms with Crippen LogP contribution in [-0.2, 0) is 0 Å². The fourth-order valence-corrected chi connectivity index (χ4v) is 3.77. The van der Waals surface area contributed by atoms with Crippen molar-refractivity contribution in [2.45, 2.75) is 38.6 Å². The number of hydrogen-bond acceptors (Lipinski definition) is 3. The minimum atomic E-state index is 0.146. The van der Waals surface area contributed by atoms with Gasteiger partial charge in [-0.25, -0.2) is 0 Å². The van der Waals surface area contributed by atoms with Gasteiger partial charge in [-0.1, -0.05) is 74.0 Å². The van der Waals surface area contributed by atoms with Crippen molar-refractivity contribution in [1.29, 1.82) is 0 Å². The summed E-state index contributed by atoms with van der Waals surface area (Å²) in [4.78, 5) is 12.3. The van der Waals surface area contributed by atoms with Gasteiger partial charge in [-0.05, 0) is 41.8 Å². The van der Waals surface area contributed by atoms with Crippen molar-refractivity contribution < 1.29 is 4.79 Å². The lowest BCUT2D eigenvalue weighted by Gasteiger charge is -2.24. The van der Waals surface area contributed by atoms with Gasteiger partial charge in [0, 0.05) is 18.4 Å². The molecule has 0 radical (unpaired) electrons. The average molecular weight is 383 g/mol. The Morgan fingerprint density at radius 1 is 0.931 bits per heavy atom. The van der Waals surface area contributed by atoms with Gasteiger partial charge in [-0.3, -0.25) is 9.80 Å². The molecule has 3 heteroatoms. The van der Waals surface area contributed by atoms with Crippen LogP contribution >= 0.6 is 0 Å². The number of carbonyl (C=O) groups excluding carboxylic acids is 1. The SMILES string of the molecule is CCCCC(=O)c1ccc(N2N=C(c3ccccc3)CC2c2ccccc2)cc1. The molecule has 1 aliphatic heterocycles. The van der Waals surface area contributed by atoms with Crippen molar-refractivity contribution in [3.05, 3.63) is 102 Å². The van der Waals surface area contributed by atoms with E-state index in [4.69, 9.17) is 5.10 Å². The molecule has 3 nitrogen and oxygen atoms in total. The Balaban J connectivity index is 1.64. The smallest absolute Gasteiger partial charge is 0.162 e. The maximum Gasteiger partial charge on any atom is 0.162 e. The van der Waals surface area contributed by atoms with E-state index in [1.807, 2.05) is 36.4 Å². The lowest BCUT2D eigenvalue weighted by molar-refractivity contribution is 0.0980. The Kier molecular flexibility index (Phi) is 5.85. The third kappa shape index (κ3) is 4.29. The minimum Gasteiger partial charge on any atom is -0.294 e. The topological polar surface area (TPSA) is 32.7 Å². The Morgan fingerprint density at radius 3 is 2.24 bits per heavy atom. The zero-order valence-corrected chi connectivity index (χ0v) is 16.8. The van der Waals surface area contributed by atoms with Crippen LogP contribution in [0.2, 0.25) is 0 Å². The first kappa shape index (κ1) is 19.1. The highest BCUT2D eigenvalue weighted by molar-refractivity contribution is 6.03. The fraction of sp³-hybridized carbons (Fsp3) is 0.231. The molecule has 0 bridgehead atoms. The molecule has 0 amide bonds. The number of hydrazone groups is 1. The summed E-state index contributed by atoms with van der Waals surface area (Å²) < 4.78 is 0. The largest absolute Gasteiger partial charge is 0.294 e. The predicted octanol–water partition coefficient (Wildman–Crippen LogP) is 6.42. The van der Waals surface area contributed by atoms with E-state index in [9.17, 15) is 4.79 Å². The second-order valence-electron chi connectivity index (χ2n) is 7.46. The molecule has 4 rings (SSSR count). The number of unbranched alkanes of at least 4 members (excludes halogenated alkanes) is 1. The van der Waals surface area contributed by atoms with Gasteiger partial charge in [-0.2, -0.15) is 5.10 Å². The van der Waals surface area contributed by atoms with E-state index >= 15 is 0 Å². The molecule has 3 aromatic rings. The summed E-state index contributed by atoms with van der Waals surface area (Å²) >= 11 is 0. The van der Waals surface area contributed by atoms with E-state index in [-0.39, 0.29) is 11.8 Å². The minimum absolute atomic E-state index is 0.146. The summed E-state index contributed by atoms with van der Waals surface area (Å²) in [5, 5.41) is 7.07. The van der Waals surface area contributed by atoms with Crippen LogP contribution in [0.4, 0.5) is 5.69 Å². The third-order valence-electron chi connectivity index (χ3n) is 5.41. The van der Waals surface area contributed by atoms with Gasteiger partial charge >= 0.3 is 0 Å². The van der Waals surface area contributed by atoms with E-state index in [2.05, 4.69) is 60.5 Å². The highest BCUT2D eigenvalue weighted by atomic mass is 16.1. The van der Waals surface area contributed by atoms with Crippen LogP contribution in [0, 0.1) is 0 Å². The lowest BCUT2D eigenvalue weighted by atomic mass is 9.98. The van der Waals surface area contributed by atoms with Gasteiger partial charge in [0.05, 0.1) is 17.4 Å². The lowest BCUT2D eigenvalue weighted by Crippen LogP contribution is -2.18. The Labute approximate surface area is 172 Å². The van der Waals surface area contributed by atoms with Crippen molar-refractivity contribution in [3.8, 4) is 0 Å². The van der Waals surface area contributed by atoms with E-state index in [1.54, 1.807) is 0 Å². The maximum atomic E-state index is 12.3. The number of rotatable bonds is 7. The average Bonchev–Trinajstić information content (AvgIpc) is 3.24. The molecule has 1 heterocycles. The van der Waals surface area contributed by atoms with Crippen LogP contribution in [0.5, 0.6) is 0 Å². The molecule has 1 unspecified atom stereocenters. The number of anilines is 1. The number of carbonyl (C=O) groups is 1. The molecule has 29 heavy (non-hydrogen) atoms. The van der Waals surface area contributed by atoms with Gasteiger partial charge in [0.2, 0.25) is 0 Å². The van der Waals surface area contributed by atoms with Crippen molar-refractivity contribution in [1.82, 2.24) is 0 Å². The molecule has 0 fully saturated rings. The van der Waals surface area contributed by atoms with Crippen molar-refractivity contribution >= 4 is 17.2 Å². The van der Waals surface area contributed by atoms with Gasteiger partial charge in [0.25, 0.3) is 0 Å². The quantitative estimate of drug-likeness (QED) is 0.442. The predicted molar refractivity (Wildman–Crippen MR) is 120 cm³/mol. The number of Topliss-reactive ketones (excluding diaryl/α,β-unsaturated/α-hetero) is 1. The summed E-state index contributed by atoms with van der Waals surface area (Å²) in [6.45, 7) is 2.11. The Morgan fingerprint density at radius 2 is 1.59 bits per heavy atom. The zero-order valence-electron chi connectivity index (χ0n) is 16.8. The summed E-state index contributed by atoms with van der Waals surface area (Å²) in [6, 6.07) is 28.9. The maximum absolute atomic E-state index is 12.3. The molecule has 0 N–H and O–H groups in total. The third-order valence-corrected chi connectivity index (χ3v) is 5.41. The van der Waals surface area contributed by atoms with Crippen LogP contribution < -0.4 is 5.01 Å². The summed E-state index contributed by atoms with van der Waals surface area (Å²) in [7, 11) is 0. The van der Waals surface area contributed by atoms with Crippen LogP contribution in [0.25, 0.3) is 0 Å². The summed E-state index contributed by atoms with van der Waals surface area (Å²) in [6.07, 6.45) is 3.44. The van der Waals surface area contributed by atoms with Gasteiger partial charge in [0.1, 0.15) is 0 Å². The highest BCUT2D eigenvalue weighted by Crippen LogP contribution is 2.36. The van der Waals surface area contributed by atoms with Crippen LogP contribution in [0.3, 0.4) is 0 Å². The highest BCUT2D eigenvalue weighted by Gasteiger charge is 2.29. The Hall–Kier alpha value is -3.20. The number of ketones is 1. The summed E-state index contributed by atoms with van der Waals surface area (Å²) in [5.74, 6) is 0.216. The molecular weight excluding hydrogens is 356 g/mol.